The molecule has 0 spiro atoms. The van der Waals surface area contributed by atoms with Gasteiger partial charge in [0.25, 0.3) is 0 Å². The molecule has 2 aromatic carbocycles. The van der Waals surface area contributed by atoms with Crippen LogP contribution in [0.1, 0.15) is 15.9 Å². The Labute approximate surface area is 134 Å². The number of benzene rings is 2. The van der Waals surface area contributed by atoms with Crippen LogP contribution in [-0.4, -0.2) is 10.4 Å². The highest BCUT2D eigenvalue weighted by Crippen LogP contribution is 2.27. The van der Waals surface area contributed by atoms with Crippen LogP contribution in [0.15, 0.2) is 47.1 Å². The minimum Gasteiger partial charge on any atom is -0.350 e. The summed E-state index contributed by atoms with van der Waals surface area (Å²) >= 11 is 9.24. The minimum atomic E-state index is -0.533. The zero-order valence-corrected chi connectivity index (χ0v) is 13.4. The predicted molar refractivity (Wildman–Crippen MR) is 85.5 cm³/mol. The van der Waals surface area contributed by atoms with Crippen LogP contribution in [0.2, 0.25) is 5.02 Å². The number of hydrogen-bond acceptors (Lipinski definition) is 1. The first-order valence-corrected chi connectivity index (χ1v) is 7.39. The third kappa shape index (κ3) is 2.49. The van der Waals surface area contributed by atoms with Gasteiger partial charge in [-0.2, -0.15) is 0 Å². The SMILES string of the molecule is Cn1cc(C(=O)c2cc(Br)ccc2F)c2ccc(Cl)cc21. The van der Waals surface area contributed by atoms with Gasteiger partial charge in [0.15, 0.2) is 5.78 Å². The van der Waals surface area contributed by atoms with E-state index < -0.39 is 5.82 Å². The lowest BCUT2D eigenvalue weighted by molar-refractivity contribution is 0.103. The summed E-state index contributed by atoms with van der Waals surface area (Å²) in [7, 11) is 1.83. The maximum atomic E-state index is 13.9. The van der Waals surface area contributed by atoms with Crippen molar-refractivity contribution in [3.05, 3.63) is 69.0 Å². The van der Waals surface area contributed by atoms with E-state index in [9.17, 15) is 9.18 Å². The molecule has 3 rings (SSSR count). The molecule has 106 valence electrons. The normalized spacial score (nSPS) is 11.0. The first-order chi connectivity index (χ1) is 9.97. The highest BCUT2D eigenvalue weighted by atomic mass is 79.9. The zero-order chi connectivity index (χ0) is 15.1. The largest absolute Gasteiger partial charge is 0.350 e. The third-order valence-electron chi connectivity index (χ3n) is 3.37. The van der Waals surface area contributed by atoms with Gasteiger partial charge in [-0.05, 0) is 30.3 Å². The van der Waals surface area contributed by atoms with E-state index in [0.717, 1.165) is 10.9 Å². The van der Waals surface area contributed by atoms with Crippen molar-refractivity contribution < 1.29 is 9.18 Å². The molecule has 0 saturated carbocycles. The minimum absolute atomic E-state index is 0.0480. The molecule has 0 aliphatic carbocycles. The number of ketones is 1. The van der Waals surface area contributed by atoms with E-state index in [4.69, 9.17) is 11.6 Å². The molecule has 0 fully saturated rings. The second kappa shape index (κ2) is 5.28. The van der Waals surface area contributed by atoms with E-state index >= 15 is 0 Å². The summed E-state index contributed by atoms with van der Waals surface area (Å²) in [6, 6.07) is 9.62. The van der Waals surface area contributed by atoms with Crippen LogP contribution >= 0.6 is 27.5 Å². The van der Waals surface area contributed by atoms with E-state index in [2.05, 4.69) is 15.9 Å². The number of aryl methyl sites for hydroxylation is 1. The van der Waals surface area contributed by atoms with Crippen LogP contribution < -0.4 is 0 Å². The number of fused-ring (bicyclic) bond motifs is 1. The first-order valence-electron chi connectivity index (χ1n) is 6.21. The molecule has 0 atom stereocenters. The highest BCUT2D eigenvalue weighted by Gasteiger charge is 2.19. The second-order valence-corrected chi connectivity index (χ2v) is 6.12. The monoisotopic (exact) mass is 365 g/mol. The van der Waals surface area contributed by atoms with Crippen LogP contribution in [0.25, 0.3) is 10.9 Å². The molecule has 0 N–H and O–H groups in total. The van der Waals surface area contributed by atoms with Crippen LogP contribution in [-0.2, 0) is 7.05 Å². The summed E-state index contributed by atoms with van der Waals surface area (Å²) in [4.78, 5) is 12.6. The molecule has 0 amide bonds. The molecule has 1 aromatic heterocycles. The molecule has 0 unspecified atom stereocenters. The Kier molecular flexibility index (Phi) is 3.59. The smallest absolute Gasteiger partial charge is 0.198 e. The van der Waals surface area contributed by atoms with E-state index in [0.29, 0.717) is 15.1 Å². The van der Waals surface area contributed by atoms with Gasteiger partial charge in [-0.15, -0.1) is 0 Å². The van der Waals surface area contributed by atoms with Gasteiger partial charge in [0.1, 0.15) is 5.82 Å². The van der Waals surface area contributed by atoms with Crippen molar-refractivity contribution in [1.82, 2.24) is 4.57 Å². The average Bonchev–Trinajstić information content (AvgIpc) is 2.78. The molecule has 5 heteroatoms. The molecule has 2 nitrogen and oxygen atoms in total. The van der Waals surface area contributed by atoms with E-state index in [1.165, 1.54) is 12.1 Å². The fourth-order valence-corrected chi connectivity index (χ4v) is 2.88. The van der Waals surface area contributed by atoms with Crippen LogP contribution in [0.4, 0.5) is 4.39 Å². The van der Waals surface area contributed by atoms with Crippen molar-refractivity contribution in [3.63, 3.8) is 0 Å². The van der Waals surface area contributed by atoms with Crippen molar-refractivity contribution >= 4 is 44.2 Å². The highest BCUT2D eigenvalue weighted by molar-refractivity contribution is 9.10. The summed E-state index contributed by atoms with van der Waals surface area (Å²) in [6.07, 6.45) is 1.70. The Hall–Kier alpha value is -1.65. The summed E-state index contributed by atoms with van der Waals surface area (Å²) in [6.45, 7) is 0. The number of carbonyl (C=O) groups excluding carboxylic acids is 1. The Morgan fingerprint density at radius 2 is 1.95 bits per heavy atom. The van der Waals surface area contributed by atoms with Crippen molar-refractivity contribution in [1.29, 1.82) is 0 Å². The summed E-state index contributed by atoms with van der Waals surface area (Å²) in [5.74, 6) is -0.879. The number of hydrogen-bond donors (Lipinski definition) is 0. The second-order valence-electron chi connectivity index (χ2n) is 4.77. The quantitative estimate of drug-likeness (QED) is 0.587. The molecule has 0 bridgehead atoms. The van der Waals surface area contributed by atoms with Gasteiger partial charge in [-0.1, -0.05) is 33.6 Å². The Bertz CT molecular complexity index is 872. The van der Waals surface area contributed by atoms with Gasteiger partial charge in [0.2, 0.25) is 0 Å². The van der Waals surface area contributed by atoms with Crippen molar-refractivity contribution in [2.75, 3.05) is 0 Å². The number of nitrogens with zero attached hydrogens (tertiary/aromatic N) is 1. The van der Waals surface area contributed by atoms with Crippen LogP contribution in [0, 0.1) is 5.82 Å². The number of aromatic nitrogens is 1. The van der Waals surface area contributed by atoms with E-state index in [1.54, 1.807) is 30.5 Å². The predicted octanol–water partition coefficient (Wildman–Crippen LogP) is 4.96. The number of carbonyl (C=O) groups is 1. The van der Waals surface area contributed by atoms with Gasteiger partial charge in [-0.3, -0.25) is 4.79 Å². The average molecular weight is 367 g/mol. The maximum absolute atomic E-state index is 13.9. The van der Waals surface area contributed by atoms with Crippen molar-refractivity contribution in [3.8, 4) is 0 Å². The molecule has 21 heavy (non-hydrogen) atoms. The van der Waals surface area contributed by atoms with Gasteiger partial charge in [0, 0.05) is 39.2 Å². The van der Waals surface area contributed by atoms with Crippen LogP contribution in [0.5, 0.6) is 0 Å². The first kappa shape index (κ1) is 14.3. The number of halogens is 3. The fourth-order valence-electron chi connectivity index (χ4n) is 2.35. The Balaban J connectivity index is 2.21. The standard InChI is InChI=1S/C16H10BrClFNO/c1-20-8-13(11-4-3-10(18)7-15(11)20)16(21)12-6-9(17)2-5-14(12)19/h2-8H,1H3. The number of rotatable bonds is 2. The van der Waals surface area contributed by atoms with Crippen molar-refractivity contribution in [2.45, 2.75) is 0 Å². The van der Waals surface area contributed by atoms with Crippen molar-refractivity contribution in [2.24, 2.45) is 7.05 Å². The lowest BCUT2D eigenvalue weighted by atomic mass is 10.0. The molecule has 0 aliphatic rings. The summed E-state index contributed by atoms with van der Waals surface area (Å²) in [5, 5.41) is 1.35. The topological polar surface area (TPSA) is 22.0 Å². The summed E-state index contributed by atoms with van der Waals surface area (Å²) < 4.78 is 16.4. The lowest BCUT2D eigenvalue weighted by Crippen LogP contribution is -2.03. The van der Waals surface area contributed by atoms with Gasteiger partial charge >= 0.3 is 0 Å². The Morgan fingerprint density at radius 3 is 2.71 bits per heavy atom. The molecular formula is C16H10BrClFNO. The van der Waals surface area contributed by atoms with Gasteiger partial charge in [-0.25, -0.2) is 4.39 Å². The van der Waals surface area contributed by atoms with E-state index in [-0.39, 0.29) is 11.3 Å². The summed E-state index contributed by atoms with van der Waals surface area (Å²) in [5.41, 5.74) is 1.34. The third-order valence-corrected chi connectivity index (χ3v) is 4.10. The fraction of sp³-hybridized carbons (Fsp3) is 0.0625. The van der Waals surface area contributed by atoms with Gasteiger partial charge < -0.3 is 4.57 Å². The molecule has 0 aliphatic heterocycles. The Morgan fingerprint density at radius 1 is 1.19 bits per heavy atom. The maximum Gasteiger partial charge on any atom is 0.198 e. The van der Waals surface area contributed by atoms with Gasteiger partial charge in [0.05, 0.1) is 5.56 Å². The molecule has 0 radical (unpaired) electrons. The zero-order valence-electron chi connectivity index (χ0n) is 11.0. The molecular weight excluding hydrogens is 357 g/mol. The van der Waals surface area contributed by atoms with Crippen LogP contribution in [0.3, 0.4) is 0 Å². The lowest BCUT2D eigenvalue weighted by Gasteiger charge is -2.02. The van der Waals surface area contributed by atoms with E-state index in [1.807, 2.05) is 11.6 Å². The molecule has 0 saturated heterocycles. The molecule has 1 heterocycles. The molecule has 3 aromatic rings.